The number of esters is 1. The lowest BCUT2D eigenvalue weighted by Gasteiger charge is -2.28. The fraction of sp³-hybridized carbons (Fsp3) is 0.476. The summed E-state index contributed by atoms with van der Waals surface area (Å²) in [4.78, 5) is 28.7. The molecule has 152 valence electrons. The Hall–Kier alpha value is -2.41. The van der Waals surface area contributed by atoms with Gasteiger partial charge in [-0.25, -0.2) is 9.78 Å². The number of carbonyl (C=O) groups is 2. The number of nitrogens with zero attached hydrogens (tertiary/aromatic N) is 1. The lowest BCUT2D eigenvalue weighted by Crippen LogP contribution is -2.20. The van der Waals surface area contributed by atoms with Crippen LogP contribution >= 0.6 is 11.3 Å². The molecule has 0 spiro atoms. The Morgan fingerprint density at radius 3 is 2.11 bits per heavy atom. The van der Waals surface area contributed by atoms with Gasteiger partial charge in [0.15, 0.2) is 10.8 Å². The summed E-state index contributed by atoms with van der Waals surface area (Å²) in [5, 5.41) is 15.4. The summed E-state index contributed by atoms with van der Waals surface area (Å²) in [6.45, 7) is 13.9. The average molecular weight is 405 g/mol. The van der Waals surface area contributed by atoms with E-state index in [0.29, 0.717) is 21.8 Å². The Bertz CT molecular complexity index is 854. The summed E-state index contributed by atoms with van der Waals surface area (Å²) in [6.07, 6.45) is 0. The second-order valence-electron chi connectivity index (χ2n) is 8.63. The third kappa shape index (κ3) is 4.90. The van der Waals surface area contributed by atoms with Gasteiger partial charge >= 0.3 is 5.97 Å². The van der Waals surface area contributed by atoms with Crippen molar-refractivity contribution in [2.75, 3.05) is 11.9 Å². The smallest absolute Gasteiger partial charge is 0.357 e. The number of anilines is 1. The van der Waals surface area contributed by atoms with Crippen LogP contribution < -0.4 is 5.32 Å². The molecule has 0 aliphatic heterocycles. The van der Waals surface area contributed by atoms with E-state index in [1.165, 1.54) is 0 Å². The zero-order valence-electron chi connectivity index (χ0n) is 17.5. The summed E-state index contributed by atoms with van der Waals surface area (Å²) >= 11 is 1.16. The van der Waals surface area contributed by atoms with Gasteiger partial charge in [-0.05, 0) is 29.9 Å². The van der Waals surface area contributed by atoms with Crippen molar-refractivity contribution >= 4 is 28.3 Å². The topological polar surface area (TPSA) is 88.5 Å². The van der Waals surface area contributed by atoms with E-state index < -0.39 is 5.97 Å². The van der Waals surface area contributed by atoms with Crippen LogP contribution in [0.25, 0.3) is 0 Å². The molecule has 1 aromatic carbocycles. The van der Waals surface area contributed by atoms with Gasteiger partial charge in [0.05, 0.1) is 6.61 Å². The quantitative estimate of drug-likeness (QED) is 0.710. The summed E-state index contributed by atoms with van der Waals surface area (Å²) in [5.41, 5.74) is 1.34. The minimum Gasteiger partial charge on any atom is -0.507 e. The number of phenols is 1. The molecule has 2 rings (SSSR count). The molecule has 0 unspecified atom stereocenters. The fourth-order valence-electron chi connectivity index (χ4n) is 2.71. The number of aromatic nitrogens is 1. The fourth-order valence-corrected chi connectivity index (χ4v) is 3.38. The molecule has 2 N–H and O–H groups in total. The molecular formula is C21H28N2O4S. The van der Waals surface area contributed by atoms with Crippen LogP contribution in [0.2, 0.25) is 0 Å². The van der Waals surface area contributed by atoms with Gasteiger partial charge in [-0.2, -0.15) is 0 Å². The van der Waals surface area contributed by atoms with Crippen LogP contribution in [0.5, 0.6) is 5.75 Å². The lowest BCUT2D eigenvalue weighted by molar-refractivity contribution is 0.0520. The van der Waals surface area contributed by atoms with Crippen LogP contribution in [0.3, 0.4) is 0 Å². The minimum atomic E-state index is -0.520. The number of nitrogens with one attached hydrogen (secondary N) is 1. The Kier molecular flexibility index (Phi) is 6.18. The zero-order valence-corrected chi connectivity index (χ0v) is 18.3. The van der Waals surface area contributed by atoms with E-state index in [4.69, 9.17) is 4.74 Å². The number of amides is 1. The molecule has 6 nitrogen and oxygen atoms in total. The molecule has 0 aliphatic rings. The molecule has 0 aliphatic carbocycles. The first-order chi connectivity index (χ1) is 12.8. The minimum absolute atomic E-state index is 0.165. The van der Waals surface area contributed by atoms with Crippen LogP contribution in [0, 0.1) is 0 Å². The van der Waals surface area contributed by atoms with Gasteiger partial charge < -0.3 is 9.84 Å². The van der Waals surface area contributed by atoms with Crippen molar-refractivity contribution in [2.45, 2.75) is 59.3 Å². The number of carbonyl (C=O) groups excluding carboxylic acids is 2. The molecule has 0 saturated carbocycles. The largest absolute Gasteiger partial charge is 0.507 e. The molecule has 2 aromatic rings. The highest BCUT2D eigenvalue weighted by Gasteiger charge is 2.28. The molecule has 0 radical (unpaired) electrons. The van der Waals surface area contributed by atoms with E-state index >= 15 is 0 Å². The normalized spacial score (nSPS) is 12.0. The van der Waals surface area contributed by atoms with Crippen LogP contribution in [0.15, 0.2) is 17.5 Å². The van der Waals surface area contributed by atoms with Gasteiger partial charge in [-0.3, -0.25) is 10.1 Å². The molecule has 1 aromatic heterocycles. The molecule has 7 heteroatoms. The maximum absolute atomic E-state index is 12.8. The number of benzene rings is 1. The number of aromatic hydroxyl groups is 1. The Morgan fingerprint density at radius 1 is 1.11 bits per heavy atom. The molecular weight excluding hydrogens is 376 g/mol. The predicted octanol–water partition coefficient (Wildman–Crippen LogP) is 4.87. The van der Waals surface area contributed by atoms with Crippen molar-refractivity contribution < 1.29 is 19.4 Å². The molecule has 1 amide bonds. The third-order valence-electron chi connectivity index (χ3n) is 4.20. The van der Waals surface area contributed by atoms with Gasteiger partial charge in [-0.15, -0.1) is 11.3 Å². The van der Waals surface area contributed by atoms with Gasteiger partial charge in [0.1, 0.15) is 5.75 Å². The molecule has 0 saturated heterocycles. The van der Waals surface area contributed by atoms with Crippen molar-refractivity contribution in [3.8, 4) is 5.75 Å². The monoisotopic (exact) mass is 404 g/mol. The van der Waals surface area contributed by atoms with E-state index in [9.17, 15) is 14.7 Å². The molecule has 0 fully saturated rings. The molecule has 0 atom stereocenters. The van der Waals surface area contributed by atoms with E-state index in [1.54, 1.807) is 24.4 Å². The SMILES string of the molecule is CCOC(=O)c1csc(NC(=O)c2cc(C(C)(C)C)c(O)c(C(C)(C)C)c2)n1. The lowest BCUT2D eigenvalue weighted by atomic mass is 9.78. The predicted molar refractivity (Wildman–Crippen MR) is 112 cm³/mol. The molecule has 0 bridgehead atoms. The van der Waals surface area contributed by atoms with Crippen molar-refractivity contribution in [3.63, 3.8) is 0 Å². The van der Waals surface area contributed by atoms with Crippen molar-refractivity contribution in [3.05, 3.63) is 39.9 Å². The number of hydrogen-bond acceptors (Lipinski definition) is 6. The van der Waals surface area contributed by atoms with E-state index in [-0.39, 0.29) is 34.8 Å². The summed E-state index contributed by atoms with van der Waals surface area (Å²) in [6, 6.07) is 3.42. The molecule has 1 heterocycles. The summed E-state index contributed by atoms with van der Waals surface area (Å²) in [5.74, 6) is -0.648. The highest BCUT2D eigenvalue weighted by atomic mass is 32.1. The first kappa shape index (κ1) is 21.9. The Morgan fingerprint density at radius 2 is 1.64 bits per heavy atom. The number of rotatable bonds is 4. The van der Waals surface area contributed by atoms with Crippen LogP contribution in [0.4, 0.5) is 5.13 Å². The number of ether oxygens (including phenoxy) is 1. The Labute approximate surface area is 170 Å². The molecule has 28 heavy (non-hydrogen) atoms. The number of hydrogen-bond donors (Lipinski definition) is 2. The highest BCUT2D eigenvalue weighted by molar-refractivity contribution is 7.14. The Balaban J connectivity index is 2.39. The average Bonchev–Trinajstić information content (AvgIpc) is 3.01. The van der Waals surface area contributed by atoms with Crippen molar-refractivity contribution in [1.82, 2.24) is 4.98 Å². The van der Waals surface area contributed by atoms with Crippen molar-refractivity contribution in [1.29, 1.82) is 0 Å². The second-order valence-corrected chi connectivity index (χ2v) is 9.49. The van der Waals surface area contributed by atoms with Crippen LogP contribution in [-0.4, -0.2) is 28.6 Å². The van der Waals surface area contributed by atoms with Gasteiger partial charge in [0.25, 0.3) is 5.91 Å². The van der Waals surface area contributed by atoms with Gasteiger partial charge in [0.2, 0.25) is 0 Å². The maximum atomic E-state index is 12.8. The van der Waals surface area contributed by atoms with E-state index in [0.717, 1.165) is 11.3 Å². The highest BCUT2D eigenvalue weighted by Crippen LogP contribution is 2.39. The van der Waals surface area contributed by atoms with E-state index in [2.05, 4.69) is 10.3 Å². The summed E-state index contributed by atoms with van der Waals surface area (Å²) < 4.78 is 4.92. The standard InChI is InChI=1S/C21H28N2O4S/c1-8-27-18(26)15-11-28-19(22-15)23-17(25)12-9-13(20(2,3)4)16(24)14(10-12)21(5,6)7/h9-11,24H,8H2,1-7H3,(H,22,23,25). The zero-order chi connectivity index (χ0) is 21.3. The summed E-state index contributed by atoms with van der Waals surface area (Å²) in [7, 11) is 0. The number of phenolic OH excluding ortho intramolecular Hbond substituents is 1. The third-order valence-corrected chi connectivity index (χ3v) is 4.96. The van der Waals surface area contributed by atoms with E-state index in [1.807, 2.05) is 41.5 Å². The van der Waals surface area contributed by atoms with Crippen LogP contribution in [0.1, 0.15) is 80.4 Å². The first-order valence-electron chi connectivity index (χ1n) is 9.16. The van der Waals surface area contributed by atoms with Gasteiger partial charge in [0, 0.05) is 22.1 Å². The second kappa shape index (κ2) is 7.91. The maximum Gasteiger partial charge on any atom is 0.357 e. The first-order valence-corrected chi connectivity index (χ1v) is 10.0. The van der Waals surface area contributed by atoms with Crippen LogP contribution in [-0.2, 0) is 15.6 Å². The van der Waals surface area contributed by atoms with Gasteiger partial charge in [-0.1, -0.05) is 41.5 Å². The number of thiazole rings is 1. The van der Waals surface area contributed by atoms with Crippen molar-refractivity contribution in [2.24, 2.45) is 0 Å².